The second kappa shape index (κ2) is 3.97. The largest absolute Gasteiger partial charge is 0.374 e. The SMILES string of the molecule is CC(C)CCC1COC(C)(C)C1N. The molecule has 0 aromatic carbocycles. The van der Waals surface area contributed by atoms with Gasteiger partial charge in [-0.15, -0.1) is 0 Å². The Hall–Kier alpha value is -0.0800. The molecule has 2 unspecified atom stereocenters. The molecule has 0 radical (unpaired) electrons. The average Bonchev–Trinajstić information content (AvgIpc) is 2.25. The van der Waals surface area contributed by atoms with Gasteiger partial charge in [-0.1, -0.05) is 20.3 Å². The highest BCUT2D eigenvalue weighted by Gasteiger charge is 2.40. The molecule has 0 saturated carbocycles. The van der Waals surface area contributed by atoms with E-state index in [2.05, 4.69) is 27.7 Å². The zero-order valence-corrected chi connectivity index (χ0v) is 9.34. The molecule has 13 heavy (non-hydrogen) atoms. The van der Waals surface area contributed by atoms with Gasteiger partial charge in [-0.05, 0) is 26.2 Å². The van der Waals surface area contributed by atoms with E-state index in [9.17, 15) is 0 Å². The Bertz CT molecular complexity index is 165. The van der Waals surface area contributed by atoms with E-state index in [0.717, 1.165) is 12.5 Å². The van der Waals surface area contributed by atoms with Crippen LogP contribution in [0.15, 0.2) is 0 Å². The summed E-state index contributed by atoms with van der Waals surface area (Å²) in [5, 5.41) is 0. The molecule has 2 nitrogen and oxygen atoms in total. The highest BCUT2D eigenvalue weighted by molar-refractivity contribution is 4.93. The molecule has 1 heterocycles. The van der Waals surface area contributed by atoms with Crippen molar-refractivity contribution < 1.29 is 4.74 Å². The highest BCUT2D eigenvalue weighted by Crippen LogP contribution is 2.31. The van der Waals surface area contributed by atoms with Crippen LogP contribution in [0.25, 0.3) is 0 Å². The quantitative estimate of drug-likeness (QED) is 0.731. The molecule has 2 N–H and O–H groups in total. The summed E-state index contributed by atoms with van der Waals surface area (Å²) < 4.78 is 5.67. The predicted molar refractivity (Wildman–Crippen MR) is 55.6 cm³/mol. The fourth-order valence-corrected chi connectivity index (χ4v) is 1.90. The minimum absolute atomic E-state index is 0.109. The molecular weight excluding hydrogens is 162 g/mol. The fraction of sp³-hybridized carbons (Fsp3) is 1.00. The average molecular weight is 185 g/mol. The second-order valence-corrected chi connectivity index (χ2v) is 5.17. The van der Waals surface area contributed by atoms with Gasteiger partial charge in [0.1, 0.15) is 0 Å². The van der Waals surface area contributed by atoms with Gasteiger partial charge in [-0.25, -0.2) is 0 Å². The minimum Gasteiger partial charge on any atom is -0.374 e. The molecule has 0 aromatic heterocycles. The molecule has 1 aliphatic heterocycles. The number of hydrogen-bond acceptors (Lipinski definition) is 2. The van der Waals surface area contributed by atoms with Crippen LogP contribution in [0.3, 0.4) is 0 Å². The molecule has 0 aliphatic carbocycles. The Labute approximate surface area is 81.8 Å². The smallest absolute Gasteiger partial charge is 0.0780 e. The summed E-state index contributed by atoms with van der Waals surface area (Å²) in [7, 11) is 0. The lowest BCUT2D eigenvalue weighted by molar-refractivity contribution is 0.0274. The molecule has 1 saturated heterocycles. The van der Waals surface area contributed by atoms with E-state index in [1.165, 1.54) is 12.8 Å². The summed E-state index contributed by atoms with van der Waals surface area (Å²) in [5.74, 6) is 1.34. The molecule has 2 heteroatoms. The molecule has 1 aliphatic rings. The van der Waals surface area contributed by atoms with E-state index < -0.39 is 0 Å². The normalized spacial score (nSPS) is 32.8. The van der Waals surface area contributed by atoms with E-state index >= 15 is 0 Å². The summed E-state index contributed by atoms with van der Waals surface area (Å²) in [6, 6.07) is 0.214. The molecule has 1 rings (SSSR count). The maximum Gasteiger partial charge on any atom is 0.0780 e. The molecule has 0 amide bonds. The van der Waals surface area contributed by atoms with Crippen LogP contribution in [0.1, 0.15) is 40.5 Å². The van der Waals surface area contributed by atoms with E-state index in [4.69, 9.17) is 10.5 Å². The Kier molecular flexibility index (Phi) is 3.36. The summed E-state index contributed by atoms with van der Waals surface area (Å²) in [5.41, 5.74) is 6.01. The standard InChI is InChI=1S/C11H23NO/c1-8(2)5-6-9-7-13-11(3,4)10(9)12/h8-10H,5-7,12H2,1-4H3. The monoisotopic (exact) mass is 185 g/mol. The molecule has 0 spiro atoms. The van der Waals surface area contributed by atoms with Crippen LogP contribution < -0.4 is 5.73 Å². The van der Waals surface area contributed by atoms with E-state index in [0.29, 0.717) is 5.92 Å². The zero-order chi connectivity index (χ0) is 10.1. The van der Waals surface area contributed by atoms with Gasteiger partial charge in [0, 0.05) is 12.0 Å². The number of ether oxygens (including phenoxy) is 1. The second-order valence-electron chi connectivity index (χ2n) is 5.17. The third kappa shape index (κ3) is 2.68. The van der Waals surface area contributed by atoms with Gasteiger partial charge in [0.05, 0.1) is 12.2 Å². The zero-order valence-electron chi connectivity index (χ0n) is 9.34. The van der Waals surface area contributed by atoms with E-state index in [-0.39, 0.29) is 11.6 Å². The van der Waals surface area contributed by atoms with Crippen molar-refractivity contribution in [3.8, 4) is 0 Å². The molecule has 0 aromatic rings. The topological polar surface area (TPSA) is 35.2 Å². The summed E-state index contributed by atoms with van der Waals surface area (Å²) >= 11 is 0. The number of nitrogens with two attached hydrogens (primary N) is 1. The van der Waals surface area contributed by atoms with Crippen LogP contribution in [0, 0.1) is 11.8 Å². The summed E-state index contributed by atoms with van der Waals surface area (Å²) in [6.45, 7) is 9.54. The predicted octanol–water partition coefficient (Wildman–Crippen LogP) is 2.17. The van der Waals surface area contributed by atoms with Crippen molar-refractivity contribution in [2.75, 3.05) is 6.61 Å². The molecule has 0 bridgehead atoms. The number of rotatable bonds is 3. The summed E-state index contributed by atoms with van der Waals surface area (Å²) in [6.07, 6.45) is 2.47. The lowest BCUT2D eigenvalue weighted by Gasteiger charge is -2.25. The van der Waals surface area contributed by atoms with Crippen molar-refractivity contribution in [1.82, 2.24) is 0 Å². The third-order valence-electron chi connectivity index (χ3n) is 3.09. The lowest BCUT2D eigenvalue weighted by Crippen LogP contribution is -2.42. The highest BCUT2D eigenvalue weighted by atomic mass is 16.5. The van der Waals surface area contributed by atoms with E-state index in [1.54, 1.807) is 0 Å². The van der Waals surface area contributed by atoms with Crippen molar-refractivity contribution >= 4 is 0 Å². The van der Waals surface area contributed by atoms with E-state index in [1.807, 2.05) is 0 Å². The van der Waals surface area contributed by atoms with Crippen LogP contribution in [0.5, 0.6) is 0 Å². The maximum absolute atomic E-state index is 6.12. The Morgan fingerprint density at radius 2 is 2.08 bits per heavy atom. The van der Waals surface area contributed by atoms with Crippen molar-refractivity contribution in [1.29, 1.82) is 0 Å². The first kappa shape index (κ1) is 11.0. The van der Waals surface area contributed by atoms with Gasteiger partial charge in [0.15, 0.2) is 0 Å². The first-order valence-electron chi connectivity index (χ1n) is 5.33. The van der Waals surface area contributed by atoms with Crippen molar-refractivity contribution in [3.05, 3.63) is 0 Å². The van der Waals surface area contributed by atoms with Crippen molar-refractivity contribution in [2.45, 2.75) is 52.2 Å². The lowest BCUT2D eigenvalue weighted by atomic mass is 9.87. The third-order valence-corrected chi connectivity index (χ3v) is 3.09. The Morgan fingerprint density at radius 1 is 1.46 bits per heavy atom. The van der Waals surface area contributed by atoms with Crippen molar-refractivity contribution in [2.24, 2.45) is 17.6 Å². The van der Waals surface area contributed by atoms with Crippen LogP contribution in [-0.2, 0) is 4.74 Å². The maximum atomic E-state index is 6.12. The first-order chi connectivity index (χ1) is 5.93. The number of hydrogen-bond donors (Lipinski definition) is 1. The van der Waals surface area contributed by atoms with Gasteiger partial charge in [-0.3, -0.25) is 0 Å². The van der Waals surface area contributed by atoms with Crippen LogP contribution in [0.4, 0.5) is 0 Å². The minimum atomic E-state index is -0.109. The Balaban J connectivity index is 2.37. The van der Waals surface area contributed by atoms with Crippen LogP contribution in [0.2, 0.25) is 0 Å². The van der Waals surface area contributed by atoms with Gasteiger partial charge < -0.3 is 10.5 Å². The van der Waals surface area contributed by atoms with Crippen molar-refractivity contribution in [3.63, 3.8) is 0 Å². The first-order valence-corrected chi connectivity index (χ1v) is 5.33. The van der Waals surface area contributed by atoms with Crippen LogP contribution >= 0.6 is 0 Å². The Morgan fingerprint density at radius 3 is 2.46 bits per heavy atom. The van der Waals surface area contributed by atoms with Gasteiger partial charge in [0.25, 0.3) is 0 Å². The van der Waals surface area contributed by atoms with Gasteiger partial charge in [0.2, 0.25) is 0 Å². The molecule has 78 valence electrons. The van der Waals surface area contributed by atoms with Gasteiger partial charge in [-0.2, -0.15) is 0 Å². The molecule has 1 fully saturated rings. The summed E-state index contributed by atoms with van der Waals surface area (Å²) in [4.78, 5) is 0. The molecule has 2 atom stereocenters. The van der Waals surface area contributed by atoms with Crippen LogP contribution in [-0.4, -0.2) is 18.2 Å². The van der Waals surface area contributed by atoms with Gasteiger partial charge >= 0.3 is 0 Å². The molecular formula is C11H23NO. The fourth-order valence-electron chi connectivity index (χ4n) is 1.90.